The first-order valence-electron chi connectivity index (χ1n) is 7.83. The van der Waals surface area contributed by atoms with Crippen molar-refractivity contribution in [2.75, 3.05) is 19.0 Å². The number of hydroxylamine groups is 2. The Morgan fingerprint density at radius 1 is 1.08 bits per heavy atom. The lowest BCUT2D eigenvalue weighted by Gasteiger charge is -2.12. The molecule has 1 aromatic heterocycles. The minimum Gasteiger partial charge on any atom is -0.349 e. The van der Waals surface area contributed by atoms with Crippen LogP contribution in [0.4, 0.5) is 5.95 Å². The molecule has 8 nitrogen and oxygen atoms in total. The van der Waals surface area contributed by atoms with Crippen LogP contribution in [0.3, 0.4) is 0 Å². The van der Waals surface area contributed by atoms with Crippen molar-refractivity contribution in [3.05, 3.63) is 59.2 Å². The maximum absolute atomic E-state index is 12.4. The van der Waals surface area contributed by atoms with Gasteiger partial charge in [-0.05, 0) is 30.3 Å². The number of H-pyrrole nitrogens is 1. The third-order valence-corrected chi connectivity index (χ3v) is 4.06. The molecule has 0 saturated carbocycles. The van der Waals surface area contributed by atoms with Gasteiger partial charge in [-0.2, -0.15) is 0 Å². The van der Waals surface area contributed by atoms with E-state index in [9.17, 15) is 14.4 Å². The van der Waals surface area contributed by atoms with E-state index in [0.29, 0.717) is 22.0 Å². The van der Waals surface area contributed by atoms with Gasteiger partial charge in [0.25, 0.3) is 11.8 Å². The highest BCUT2D eigenvalue weighted by atomic mass is 16.7. The van der Waals surface area contributed by atoms with E-state index in [1.807, 2.05) is 14.1 Å². The lowest BCUT2D eigenvalue weighted by Crippen LogP contribution is -2.32. The minimum absolute atomic E-state index is 0.197. The van der Waals surface area contributed by atoms with Crippen LogP contribution in [0.25, 0.3) is 11.0 Å². The van der Waals surface area contributed by atoms with Crippen molar-refractivity contribution in [1.29, 1.82) is 0 Å². The SMILES string of the molecule is CN(C)c1nc2ccc(C(=O)ON3C(=O)c4ccccc4C3=O)cc2[nH]1. The van der Waals surface area contributed by atoms with Gasteiger partial charge in [-0.1, -0.05) is 17.2 Å². The zero-order valence-electron chi connectivity index (χ0n) is 14.0. The number of fused-ring (bicyclic) bond motifs is 2. The normalized spacial score (nSPS) is 13.2. The molecular weight excluding hydrogens is 336 g/mol. The zero-order valence-corrected chi connectivity index (χ0v) is 14.0. The molecule has 8 heteroatoms. The summed E-state index contributed by atoms with van der Waals surface area (Å²) in [6.07, 6.45) is 0. The van der Waals surface area contributed by atoms with Crippen molar-refractivity contribution >= 4 is 34.8 Å². The molecule has 1 aliphatic rings. The fraction of sp³-hybridized carbons (Fsp3) is 0.111. The second-order valence-corrected chi connectivity index (χ2v) is 6.02. The molecule has 130 valence electrons. The first kappa shape index (κ1) is 15.8. The van der Waals surface area contributed by atoms with Crippen molar-refractivity contribution in [1.82, 2.24) is 15.0 Å². The zero-order chi connectivity index (χ0) is 18.4. The first-order valence-corrected chi connectivity index (χ1v) is 7.83. The Hall–Kier alpha value is -3.68. The van der Waals surface area contributed by atoms with E-state index >= 15 is 0 Å². The van der Waals surface area contributed by atoms with E-state index in [1.54, 1.807) is 29.2 Å². The number of amides is 2. The van der Waals surface area contributed by atoms with E-state index in [1.165, 1.54) is 18.2 Å². The molecule has 2 amide bonds. The molecule has 0 saturated heterocycles. The maximum atomic E-state index is 12.4. The number of carbonyl (C=O) groups excluding carboxylic acids is 3. The van der Waals surface area contributed by atoms with Crippen LogP contribution in [0.1, 0.15) is 31.1 Å². The quantitative estimate of drug-likeness (QED) is 0.726. The van der Waals surface area contributed by atoms with Crippen LogP contribution in [0.2, 0.25) is 0 Å². The molecule has 1 N–H and O–H groups in total. The Bertz CT molecular complexity index is 1030. The number of nitrogens with one attached hydrogen (secondary N) is 1. The molecule has 4 rings (SSSR count). The van der Waals surface area contributed by atoms with Crippen molar-refractivity contribution in [2.45, 2.75) is 0 Å². The van der Waals surface area contributed by atoms with Crippen LogP contribution in [0.5, 0.6) is 0 Å². The molecule has 0 radical (unpaired) electrons. The lowest BCUT2D eigenvalue weighted by molar-refractivity contribution is -0.0584. The molecule has 0 atom stereocenters. The Morgan fingerprint density at radius 2 is 1.73 bits per heavy atom. The number of hydrogen-bond donors (Lipinski definition) is 1. The van der Waals surface area contributed by atoms with E-state index in [0.717, 1.165) is 0 Å². The molecule has 0 spiro atoms. The van der Waals surface area contributed by atoms with Crippen LogP contribution in [-0.4, -0.2) is 46.9 Å². The van der Waals surface area contributed by atoms with Gasteiger partial charge in [-0.25, -0.2) is 9.78 Å². The van der Waals surface area contributed by atoms with Gasteiger partial charge in [0.15, 0.2) is 0 Å². The smallest absolute Gasteiger partial charge is 0.349 e. The fourth-order valence-electron chi connectivity index (χ4n) is 2.72. The number of nitrogens with zero attached hydrogens (tertiary/aromatic N) is 3. The number of imide groups is 1. The van der Waals surface area contributed by atoms with Crippen LogP contribution >= 0.6 is 0 Å². The van der Waals surface area contributed by atoms with Crippen molar-refractivity contribution in [3.8, 4) is 0 Å². The largest absolute Gasteiger partial charge is 0.364 e. The van der Waals surface area contributed by atoms with Gasteiger partial charge in [0, 0.05) is 14.1 Å². The van der Waals surface area contributed by atoms with Gasteiger partial charge in [-0.15, -0.1) is 0 Å². The Balaban J connectivity index is 1.60. The summed E-state index contributed by atoms with van der Waals surface area (Å²) >= 11 is 0. The third-order valence-electron chi connectivity index (χ3n) is 4.06. The number of aromatic amines is 1. The minimum atomic E-state index is -0.803. The van der Waals surface area contributed by atoms with Crippen LogP contribution < -0.4 is 4.90 Å². The number of imidazole rings is 1. The second-order valence-electron chi connectivity index (χ2n) is 6.02. The average Bonchev–Trinajstić information content (AvgIpc) is 3.17. The molecule has 2 aromatic carbocycles. The van der Waals surface area contributed by atoms with Gasteiger partial charge >= 0.3 is 5.97 Å². The van der Waals surface area contributed by atoms with Crippen LogP contribution in [0.15, 0.2) is 42.5 Å². The van der Waals surface area contributed by atoms with Gasteiger partial charge in [0.2, 0.25) is 5.95 Å². The summed E-state index contributed by atoms with van der Waals surface area (Å²) in [4.78, 5) is 51.3. The molecule has 1 aliphatic heterocycles. The Morgan fingerprint density at radius 3 is 2.35 bits per heavy atom. The third kappa shape index (κ3) is 2.39. The van der Waals surface area contributed by atoms with Crippen LogP contribution in [-0.2, 0) is 4.84 Å². The molecule has 0 aliphatic carbocycles. The predicted octanol–water partition coefficient (Wildman–Crippen LogP) is 2.00. The van der Waals surface area contributed by atoms with Gasteiger partial charge in [-0.3, -0.25) is 9.59 Å². The van der Waals surface area contributed by atoms with E-state index < -0.39 is 17.8 Å². The number of benzene rings is 2. The number of anilines is 1. The monoisotopic (exact) mass is 350 g/mol. The van der Waals surface area contributed by atoms with Crippen molar-refractivity contribution < 1.29 is 19.2 Å². The van der Waals surface area contributed by atoms with Gasteiger partial charge in [0.1, 0.15) is 0 Å². The molecule has 3 aromatic rings. The molecule has 0 bridgehead atoms. The Labute approximate surface area is 147 Å². The molecule has 26 heavy (non-hydrogen) atoms. The highest BCUT2D eigenvalue weighted by Crippen LogP contribution is 2.24. The number of aromatic nitrogens is 2. The van der Waals surface area contributed by atoms with Crippen molar-refractivity contribution in [3.63, 3.8) is 0 Å². The predicted molar refractivity (Wildman–Crippen MR) is 92.8 cm³/mol. The van der Waals surface area contributed by atoms with E-state index in [4.69, 9.17) is 4.84 Å². The Kier molecular flexibility index (Phi) is 3.47. The lowest BCUT2D eigenvalue weighted by atomic mass is 10.1. The number of carbonyl (C=O) groups is 3. The van der Waals surface area contributed by atoms with E-state index in [-0.39, 0.29) is 16.7 Å². The molecular formula is C18H14N4O4. The highest BCUT2D eigenvalue weighted by molar-refractivity contribution is 6.21. The number of hydrogen-bond acceptors (Lipinski definition) is 6. The van der Waals surface area contributed by atoms with Gasteiger partial charge < -0.3 is 14.7 Å². The summed E-state index contributed by atoms with van der Waals surface area (Å²) in [5, 5.41) is 0.495. The maximum Gasteiger partial charge on any atom is 0.364 e. The summed E-state index contributed by atoms with van der Waals surface area (Å²) in [6.45, 7) is 0. The summed E-state index contributed by atoms with van der Waals surface area (Å²) in [5.74, 6) is -1.47. The van der Waals surface area contributed by atoms with Crippen molar-refractivity contribution in [2.24, 2.45) is 0 Å². The molecule has 0 fully saturated rings. The van der Waals surface area contributed by atoms with E-state index in [2.05, 4.69) is 9.97 Å². The average molecular weight is 350 g/mol. The molecule has 2 heterocycles. The standard InChI is InChI=1S/C18H14N4O4/c1-21(2)18-19-13-8-7-10(9-14(13)20-18)17(25)26-22-15(23)11-5-3-4-6-12(11)16(22)24/h3-9H,1-2H3,(H,19,20). The summed E-state index contributed by atoms with van der Waals surface area (Å²) in [7, 11) is 3.68. The summed E-state index contributed by atoms with van der Waals surface area (Å²) in [5.41, 5.74) is 1.95. The summed E-state index contributed by atoms with van der Waals surface area (Å²) in [6, 6.07) is 11.1. The number of rotatable bonds is 3. The fourth-order valence-corrected chi connectivity index (χ4v) is 2.72. The molecule has 0 unspecified atom stereocenters. The summed E-state index contributed by atoms with van der Waals surface area (Å²) < 4.78 is 0. The highest BCUT2D eigenvalue weighted by Gasteiger charge is 2.38. The topological polar surface area (TPSA) is 95.6 Å². The van der Waals surface area contributed by atoms with Crippen LogP contribution in [0, 0.1) is 0 Å². The van der Waals surface area contributed by atoms with Gasteiger partial charge in [0.05, 0.1) is 27.7 Å². The second kappa shape index (κ2) is 5.69. The first-order chi connectivity index (χ1) is 12.5.